The predicted molar refractivity (Wildman–Crippen MR) is 136 cm³/mol. The predicted octanol–water partition coefficient (Wildman–Crippen LogP) is 3.00. The van der Waals surface area contributed by atoms with Crippen molar-refractivity contribution in [2.45, 2.75) is 33.7 Å². The van der Waals surface area contributed by atoms with Crippen molar-refractivity contribution in [2.24, 2.45) is 5.41 Å². The number of rotatable bonds is 4. The third kappa shape index (κ3) is 5.98. The number of anilines is 3. The summed E-state index contributed by atoms with van der Waals surface area (Å²) in [5.74, 6) is -0.965. The molecule has 0 radical (unpaired) electrons. The van der Waals surface area contributed by atoms with E-state index in [4.69, 9.17) is 0 Å². The molecule has 35 heavy (non-hydrogen) atoms. The SMILES string of the molecule is Cc1cccc(NC(=O)NC2CN(C(=O)C(C)(C)C)c3ccccc3N(CC(=O)N(C)C)C2=O)c1. The molecular weight excluding hydrogens is 446 g/mol. The summed E-state index contributed by atoms with van der Waals surface area (Å²) in [5, 5.41) is 5.46. The average Bonchev–Trinajstić information content (AvgIpc) is 2.88. The van der Waals surface area contributed by atoms with Gasteiger partial charge in [-0.25, -0.2) is 4.79 Å². The van der Waals surface area contributed by atoms with Crippen LogP contribution in [-0.4, -0.2) is 61.9 Å². The highest BCUT2D eigenvalue weighted by molar-refractivity contribution is 6.11. The van der Waals surface area contributed by atoms with E-state index in [0.717, 1.165) is 5.56 Å². The summed E-state index contributed by atoms with van der Waals surface area (Å²) in [5.41, 5.74) is 1.76. The van der Waals surface area contributed by atoms with Crippen molar-refractivity contribution in [3.63, 3.8) is 0 Å². The molecule has 1 aliphatic heterocycles. The Bertz CT molecular complexity index is 1140. The molecule has 2 N–H and O–H groups in total. The fourth-order valence-corrected chi connectivity index (χ4v) is 3.78. The Morgan fingerprint density at radius 2 is 1.69 bits per heavy atom. The van der Waals surface area contributed by atoms with Gasteiger partial charge in [-0.1, -0.05) is 45.0 Å². The maximum atomic E-state index is 13.7. The topological polar surface area (TPSA) is 102 Å². The number of hydrogen-bond donors (Lipinski definition) is 2. The van der Waals surface area contributed by atoms with Crippen LogP contribution in [0.1, 0.15) is 26.3 Å². The third-order valence-electron chi connectivity index (χ3n) is 5.65. The zero-order valence-corrected chi connectivity index (χ0v) is 21.1. The van der Waals surface area contributed by atoms with E-state index in [1.165, 1.54) is 14.7 Å². The summed E-state index contributed by atoms with van der Waals surface area (Å²) < 4.78 is 0. The highest BCUT2D eigenvalue weighted by Crippen LogP contribution is 2.35. The second kappa shape index (κ2) is 10.2. The number of fused-ring (bicyclic) bond motifs is 1. The summed E-state index contributed by atoms with van der Waals surface area (Å²) in [4.78, 5) is 56.9. The minimum Gasteiger partial charge on any atom is -0.347 e. The number of aryl methyl sites for hydroxylation is 1. The Hall–Kier alpha value is -3.88. The van der Waals surface area contributed by atoms with Gasteiger partial charge >= 0.3 is 6.03 Å². The quantitative estimate of drug-likeness (QED) is 0.704. The number of nitrogens with zero attached hydrogens (tertiary/aromatic N) is 3. The second-order valence-electron chi connectivity index (χ2n) is 9.89. The molecule has 1 aliphatic rings. The van der Waals surface area contributed by atoms with Gasteiger partial charge < -0.3 is 20.4 Å². The molecule has 2 aromatic carbocycles. The number of urea groups is 1. The van der Waals surface area contributed by atoms with E-state index in [2.05, 4.69) is 10.6 Å². The van der Waals surface area contributed by atoms with Gasteiger partial charge in [-0.2, -0.15) is 0 Å². The van der Waals surface area contributed by atoms with Gasteiger partial charge in [0.2, 0.25) is 11.8 Å². The molecule has 0 aliphatic carbocycles. The molecule has 0 aromatic heterocycles. The number of likely N-dealkylation sites (N-methyl/N-ethyl adjacent to an activating group) is 1. The van der Waals surface area contributed by atoms with Crippen LogP contribution in [0.4, 0.5) is 21.9 Å². The monoisotopic (exact) mass is 479 g/mol. The van der Waals surface area contributed by atoms with E-state index in [1.54, 1.807) is 65.2 Å². The van der Waals surface area contributed by atoms with Crippen molar-refractivity contribution in [3.05, 3.63) is 54.1 Å². The lowest BCUT2D eigenvalue weighted by Gasteiger charge is -2.30. The minimum atomic E-state index is -1.08. The molecule has 0 saturated heterocycles. The smallest absolute Gasteiger partial charge is 0.319 e. The van der Waals surface area contributed by atoms with Crippen LogP contribution in [-0.2, 0) is 14.4 Å². The number of benzene rings is 2. The molecule has 186 valence electrons. The summed E-state index contributed by atoms with van der Waals surface area (Å²) in [6.45, 7) is 7.00. The molecule has 1 heterocycles. The first-order chi connectivity index (χ1) is 16.4. The first-order valence-electron chi connectivity index (χ1n) is 11.4. The summed E-state index contributed by atoms with van der Waals surface area (Å²) in [7, 11) is 3.22. The van der Waals surface area contributed by atoms with Gasteiger partial charge in [0.1, 0.15) is 12.6 Å². The number of carbonyl (C=O) groups excluding carboxylic acids is 4. The molecular formula is C26H33N5O4. The van der Waals surface area contributed by atoms with Crippen molar-refractivity contribution in [3.8, 4) is 0 Å². The Balaban J connectivity index is 2.00. The largest absolute Gasteiger partial charge is 0.347 e. The van der Waals surface area contributed by atoms with Crippen molar-refractivity contribution >= 4 is 40.8 Å². The van der Waals surface area contributed by atoms with Crippen LogP contribution in [0.5, 0.6) is 0 Å². The molecule has 5 amide bonds. The van der Waals surface area contributed by atoms with Gasteiger partial charge in [-0.15, -0.1) is 0 Å². The highest BCUT2D eigenvalue weighted by atomic mass is 16.2. The number of carbonyl (C=O) groups is 4. The minimum absolute atomic E-state index is 0.0696. The number of para-hydroxylation sites is 2. The molecule has 0 saturated carbocycles. The van der Waals surface area contributed by atoms with Crippen LogP contribution >= 0.6 is 0 Å². The normalized spacial score (nSPS) is 15.7. The van der Waals surface area contributed by atoms with E-state index < -0.39 is 23.4 Å². The number of hydrogen-bond acceptors (Lipinski definition) is 4. The van der Waals surface area contributed by atoms with Crippen LogP contribution < -0.4 is 20.4 Å². The van der Waals surface area contributed by atoms with E-state index in [1.807, 2.05) is 25.1 Å². The Morgan fingerprint density at radius 3 is 2.29 bits per heavy atom. The third-order valence-corrected chi connectivity index (χ3v) is 5.65. The molecule has 1 unspecified atom stereocenters. The Kier molecular flexibility index (Phi) is 7.48. The highest BCUT2D eigenvalue weighted by Gasteiger charge is 2.40. The summed E-state index contributed by atoms with van der Waals surface area (Å²) in [6.07, 6.45) is 0. The Morgan fingerprint density at radius 1 is 1.03 bits per heavy atom. The molecule has 3 rings (SSSR count). The van der Waals surface area contributed by atoms with Crippen molar-refractivity contribution < 1.29 is 19.2 Å². The van der Waals surface area contributed by atoms with Crippen molar-refractivity contribution in [1.82, 2.24) is 10.2 Å². The van der Waals surface area contributed by atoms with Gasteiger partial charge in [0, 0.05) is 25.2 Å². The first kappa shape index (κ1) is 25.7. The molecule has 0 fully saturated rings. The lowest BCUT2D eigenvalue weighted by atomic mass is 9.94. The zero-order valence-electron chi connectivity index (χ0n) is 21.1. The van der Waals surface area contributed by atoms with Gasteiger partial charge in [0.15, 0.2) is 0 Å². The molecule has 9 nitrogen and oxygen atoms in total. The molecule has 9 heteroatoms. The lowest BCUT2D eigenvalue weighted by Crippen LogP contribution is -2.55. The van der Waals surface area contributed by atoms with Crippen molar-refractivity contribution in [1.29, 1.82) is 0 Å². The fraction of sp³-hybridized carbons (Fsp3) is 0.385. The lowest BCUT2D eigenvalue weighted by molar-refractivity contribution is -0.129. The fourth-order valence-electron chi connectivity index (χ4n) is 3.78. The first-order valence-corrected chi connectivity index (χ1v) is 11.4. The van der Waals surface area contributed by atoms with Crippen molar-refractivity contribution in [2.75, 3.05) is 42.3 Å². The van der Waals surface area contributed by atoms with Crippen LogP contribution in [0.25, 0.3) is 0 Å². The second-order valence-corrected chi connectivity index (χ2v) is 9.89. The number of amides is 5. The maximum Gasteiger partial charge on any atom is 0.319 e. The molecule has 2 aromatic rings. The van der Waals surface area contributed by atoms with E-state index in [-0.39, 0.29) is 24.9 Å². The van der Waals surface area contributed by atoms with Crippen LogP contribution in [0.15, 0.2) is 48.5 Å². The van der Waals surface area contributed by atoms with Gasteiger partial charge in [-0.05, 0) is 36.8 Å². The Labute approximate surface area is 206 Å². The van der Waals surface area contributed by atoms with Crippen LogP contribution in [0.3, 0.4) is 0 Å². The maximum absolute atomic E-state index is 13.7. The van der Waals surface area contributed by atoms with Gasteiger partial charge in [-0.3, -0.25) is 19.3 Å². The average molecular weight is 480 g/mol. The summed E-state index contributed by atoms with van der Waals surface area (Å²) in [6, 6.07) is 12.6. The molecule has 0 spiro atoms. The van der Waals surface area contributed by atoms with E-state index >= 15 is 0 Å². The van der Waals surface area contributed by atoms with E-state index in [0.29, 0.717) is 17.1 Å². The number of nitrogens with one attached hydrogen (secondary N) is 2. The van der Waals surface area contributed by atoms with E-state index in [9.17, 15) is 19.2 Å². The molecule has 0 bridgehead atoms. The molecule has 1 atom stereocenters. The van der Waals surface area contributed by atoms with Crippen LogP contribution in [0, 0.1) is 12.3 Å². The summed E-state index contributed by atoms with van der Waals surface area (Å²) >= 11 is 0. The standard InChI is InChI=1S/C26H33N5O4/c1-17-10-9-11-18(14-17)27-25(35)28-19-15-31(24(34)26(2,3)4)21-13-8-7-12-20(21)30(23(19)33)16-22(32)29(5)6/h7-14,19H,15-16H2,1-6H3,(H2,27,28,35). The van der Waals surface area contributed by atoms with Gasteiger partial charge in [0.25, 0.3) is 5.91 Å². The van der Waals surface area contributed by atoms with Gasteiger partial charge in [0.05, 0.1) is 17.9 Å². The van der Waals surface area contributed by atoms with Crippen LogP contribution in [0.2, 0.25) is 0 Å². The zero-order chi connectivity index (χ0) is 25.9.